The zero-order valence-corrected chi connectivity index (χ0v) is 12.9. The number of halogens is 1. The maximum atomic E-state index is 11.5. The molecule has 106 valence electrons. The molecule has 3 nitrogen and oxygen atoms in total. The summed E-state index contributed by atoms with van der Waals surface area (Å²) in [4.78, 5) is 13.8. The van der Waals surface area contributed by atoms with Crippen LogP contribution < -0.4 is 10.2 Å². The molecule has 19 heavy (non-hydrogen) atoms. The van der Waals surface area contributed by atoms with Crippen molar-refractivity contribution in [3.63, 3.8) is 0 Å². The molecule has 0 aliphatic rings. The molecule has 0 radical (unpaired) electrons. The Hall–Kier alpha value is -1.22. The van der Waals surface area contributed by atoms with Crippen molar-refractivity contribution in [2.24, 2.45) is 0 Å². The first kappa shape index (κ1) is 15.8. The Morgan fingerprint density at radius 1 is 1.32 bits per heavy atom. The lowest BCUT2D eigenvalue weighted by molar-refractivity contribution is -0.113. The number of benzene rings is 1. The molecule has 0 unspecified atom stereocenters. The average molecular weight is 283 g/mol. The predicted molar refractivity (Wildman–Crippen MR) is 83.4 cm³/mol. The summed E-state index contributed by atoms with van der Waals surface area (Å²) in [5, 5.41) is 2.89. The van der Waals surface area contributed by atoms with Crippen molar-refractivity contribution in [1.82, 2.24) is 0 Å². The summed E-state index contributed by atoms with van der Waals surface area (Å²) in [5.74, 6) is 0.171. The van der Waals surface area contributed by atoms with Gasteiger partial charge < -0.3 is 10.2 Å². The van der Waals surface area contributed by atoms with Crippen LogP contribution in [0.5, 0.6) is 0 Å². The van der Waals surface area contributed by atoms with E-state index in [-0.39, 0.29) is 11.8 Å². The highest BCUT2D eigenvalue weighted by Crippen LogP contribution is 2.29. The van der Waals surface area contributed by atoms with Crippen LogP contribution >= 0.6 is 11.6 Å². The molecule has 0 bridgehead atoms. The van der Waals surface area contributed by atoms with E-state index in [1.807, 2.05) is 6.07 Å². The van der Waals surface area contributed by atoms with E-state index in [4.69, 9.17) is 11.6 Å². The van der Waals surface area contributed by atoms with Gasteiger partial charge in [-0.3, -0.25) is 4.79 Å². The first-order valence-corrected chi connectivity index (χ1v) is 7.31. The number of hydrogen-bond donors (Lipinski definition) is 1. The zero-order chi connectivity index (χ0) is 14.4. The standard InChI is InChI=1S/C15H23ClN2O/c1-5-18(6-2)12-7-8-13(11(3)4)14(9-12)17-15(19)10-16/h7-9,11H,5-6,10H2,1-4H3,(H,17,19). The second-order valence-electron chi connectivity index (χ2n) is 4.78. The molecule has 0 aromatic heterocycles. The summed E-state index contributed by atoms with van der Waals surface area (Å²) in [6, 6.07) is 6.23. The van der Waals surface area contributed by atoms with Crippen molar-refractivity contribution >= 4 is 28.9 Å². The van der Waals surface area contributed by atoms with Crippen LogP contribution in [0.2, 0.25) is 0 Å². The van der Waals surface area contributed by atoms with Crippen LogP contribution in [-0.4, -0.2) is 24.9 Å². The van der Waals surface area contributed by atoms with Crippen LogP contribution in [0.15, 0.2) is 18.2 Å². The molecule has 1 rings (SSSR count). The lowest BCUT2D eigenvalue weighted by atomic mass is 10.00. The molecule has 1 N–H and O–H groups in total. The molecule has 0 saturated heterocycles. The smallest absolute Gasteiger partial charge is 0.239 e. The molecule has 4 heteroatoms. The molecule has 0 aliphatic carbocycles. The highest BCUT2D eigenvalue weighted by molar-refractivity contribution is 6.29. The monoisotopic (exact) mass is 282 g/mol. The Morgan fingerprint density at radius 3 is 2.42 bits per heavy atom. The topological polar surface area (TPSA) is 32.3 Å². The van der Waals surface area contributed by atoms with E-state index in [0.717, 1.165) is 30.0 Å². The molecule has 1 aromatic carbocycles. The summed E-state index contributed by atoms with van der Waals surface area (Å²) in [6.07, 6.45) is 0. The van der Waals surface area contributed by atoms with Crippen LogP contribution in [-0.2, 0) is 4.79 Å². The molecule has 0 heterocycles. The van der Waals surface area contributed by atoms with Gasteiger partial charge in [0.1, 0.15) is 5.88 Å². The number of carbonyl (C=O) groups is 1. The first-order valence-electron chi connectivity index (χ1n) is 6.78. The van der Waals surface area contributed by atoms with Gasteiger partial charge >= 0.3 is 0 Å². The third-order valence-corrected chi connectivity index (χ3v) is 3.43. The van der Waals surface area contributed by atoms with Gasteiger partial charge in [0.25, 0.3) is 0 Å². The number of amides is 1. The zero-order valence-electron chi connectivity index (χ0n) is 12.2. The molecule has 0 aliphatic heterocycles. The number of carbonyl (C=O) groups excluding carboxylic acids is 1. The minimum Gasteiger partial charge on any atom is -0.372 e. The second kappa shape index (κ2) is 7.39. The summed E-state index contributed by atoms with van der Waals surface area (Å²) in [7, 11) is 0. The van der Waals surface area contributed by atoms with Crippen molar-refractivity contribution in [3.8, 4) is 0 Å². The quantitative estimate of drug-likeness (QED) is 0.804. The number of hydrogen-bond acceptors (Lipinski definition) is 2. The van der Waals surface area contributed by atoms with Gasteiger partial charge in [-0.25, -0.2) is 0 Å². The van der Waals surface area contributed by atoms with Crippen molar-refractivity contribution in [3.05, 3.63) is 23.8 Å². The van der Waals surface area contributed by atoms with Crippen LogP contribution in [0.25, 0.3) is 0 Å². The molecular weight excluding hydrogens is 260 g/mol. The van der Waals surface area contributed by atoms with Crippen LogP contribution in [0.3, 0.4) is 0 Å². The molecule has 0 spiro atoms. The highest BCUT2D eigenvalue weighted by atomic mass is 35.5. The van der Waals surface area contributed by atoms with Gasteiger partial charge in [0, 0.05) is 24.5 Å². The third kappa shape index (κ3) is 4.13. The first-order chi connectivity index (χ1) is 9.03. The fraction of sp³-hybridized carbons (Fsp3) is 0.533. The van der Waals surface area contributed by atoms with E-state index in [1.54, 1.807) is 0 Å². The van der Waals surface area contributed by atoms with Gasteiger partial charge in [0.15, 0.2) is 0 Å². The average Bonchev–Trinajstić information content (AvgIpc) is 2.40. The molecule has 1 amide bonds. The van der Waals surface area contributed by atoms with Gasteiger partial charge in [0.05, 0.1) is 0 Å². The van der Waals surface area contributed by atoms with E-state index < -0.39 is 0 Å². The largest absolute Gasteiger partial charge is 0.372 e. The van der Waals surface area contributed by atoms with Gasteiger partial charge in [0.2, 0.25) is 5.91 Å². The molecule has 0 atom stereocenters. The van der Waals surface area contributed by atoms with Gasteiger partial charge in [-0.05, 0) is 37.5 Å². The van der Waals surface area contributed by atoms with Gasteiger partial charge in [-0.15, -0.1) is 11.6 Å². The summed E-state index contributed by atoms with van der Waals surface area (Å²) in [5.41, 5.74) is 3.12. The molecule has 1 aromatic rings. The minimum absolute atomic E-state index is 0.0208. The lowest BCUT2D eigenvalue weighted by Crippen LogP contribution is -2.22. The molecular formula is C15H23ClN2O. The number of rotatable bonds is 6. The van der Waals surface area contributed by atoms with E-state index in [9.17, 15) is 4.79 Å². The summed E-state index contributed by atoms with van der Waals surface area (Å²) < 4.78 is 0. The Morgan fingerprint density at radius 2 is 1.95 bits per heavy atom. The maximum Gasteiger partial charge on any atom is 0.239 e. The fourth-order valence-electron chi connectivity index (χ4n) is 2.13. The van der Waals surface area contributed by atoms with E-state index in [1.165, 1.54) is 0 Å². The van der Waals surface area contributed by atoms with Crippen molar-refractivity contribution < 1.29 is 4.79 Å². The normalized spacial score (nSPS) is 10.6. The maximum absolute atomic E-state index is 11.5. The number of nitrogens with zero attached hydrogens (tertiary/aromatic N) is 1. The second-order valence-corrected chi connectivity index (χ2v) is 5.05. The minimum atomic E-state index is -0.166. The highest BCUT2D eigenvalue weighted by Gasteiger charge is 2.12. The van der Waals surface area contributed by atoms with Crippen LogP contribution in [0.1, 0.15) is 39.2 Å². The lowest BCUT2D eigenvalue weighted by Gasteiger charge is -2.23. The van der Waals surface area contributed by atoms with E-state index in [0.29, 0.717) is 5.92 Å². The number of nitrogens with one attached hydrogen (secondary N) is 1. The Balaban J connectivity index is 3.13. The molecule has 0 fully saturated rings. The van der Waals surface area contributed by atoms with Gasteiger partial charge in [-0.1, -0.05) is 19.9 Å². The van der Waals surface area contributed by atoms with Crippen molar-refractivity contribution in [2.45, 2.75) is 33.6 Å². The van der Waals surface area contributed by atoms with Crippen LogP contribution in [0.4, 0.5) is 11.4 Å². The SMILES string of the molecule is CCN(CC)c1ccc(C(C)C)c(NC(=O)CCl)c1. The van der Waals surface area contributed by atoms with Crippen molar-refractivity contribution in [2.75, 3.05) is 29.2 Å². The number of alkyl halides is 1. The summed E-state index contributed by atoms with van der Waals surface area (Å²) in [6.45, 7) is 10.4. The Labute approximate surface area is 120 Å². The van der Waals surface area contributed by atoms with E-state index >= 15 is 0 Å². The molecule has 0 saturated carbocycles. The predicted octanol–water partition coefficient (Wildman–Crippen LogP) is 3.83. The van der Waals surface area contributed by atoms with Crippen LogP contribution in [0, 0.1) is 0 Å². The fourth-order valence-corrected chi connectivity index (χ4v) is 2.19. The van der Waals surface area contributed by atoms with Crippen molar-refractivity contribution in [1.29, 1.82) is 0 Å². The Bertz CT molecular complexity index is 428. The van der Waals surface area contributed by atoms with E-state index in [2.05, 4.69) is 50.0 Å². The van der Waals surface area contributed by atoms with Gasteiger partial charge in [-0.2, -0.15) is 0 Å². The third-order valence-electron chi connectivity index (χ3n) is 3.18. The number of anilines is 2. The Kier molecular flexibility index (Phi) is 6.16. The summed E-state index contributed by atoms with van der Waals surface area (Å²) >= 11 is 5.57.